The first-order valence-electron chi connectivity index (χ1n) is 7.07. The van der Waals surface area contributed by atoms with Gasteiger partial charge in [-0.25, -0.2) is 0 Å². The summed E-state index contributed by atoms with van der Waals surface area (Å²) in [5, 5.41) is 10.0. The van der Waals surface area contributed by atoms with Crippen LogP contribution in [0.4, 0.5) is 0 Å². The lowest BCUT2D eigenvalue weighted by Gasteiger charge is -2.41. The van der Waals surface area contributed by atoms with Gasteiger partial charge in [0.15, 0.2) is 0 Å². The van der Waals surface area contributed by atoms with Crippen LogP contribution in [-0.2, 0) is 11.2 Å². The topological polar surface area (TPSA) is 56.3 Å². The Kier molecular flexibility index (Phi) is 4.30. The van der Waals surface area contributed by atoms with Crippen molar-refractivity contribution in [3.8, 4) is 0 Å². The Bertz CT molecular complexity index is 412. The number of piperidine rings is 1. The Labute approximate surface area is 114 Å². The lowest BCUT2D eigenvalue weighted by molar-refractivity contribution is -0.138. The molecular formula is C15H24N2O2. The van der Waals surface area contributed by atoms with Crippen molar-refractivity contribution in [2.24, 2.45) is 5.41 Å². The fourth-order valence-corrected chi connectivity index (χ4v) is 2.47. The highest BCUT2D eigenvalue weighted by atomic mass is 16.3. The molecule has 0 aliphatic carbocycles. The molecule has 0 radical (unpaired) electrons. The van der Waals surface area contributed by atoms with Crippen molar-refractivity contribution in [2.75, 3.05) is 13.1 Å². The van der Waals surface area contributed by atoms with Crippen LogP contribution in [0.25, 0.3) is 0 Å². The van der Waals surface area contributed by atoms with Crippen molar-refractivity contribution < 1.29 is 9.90 Å². The van der Waals surface area contributed by atoms with Crippen LogP contribution in [0, 0.1) is 5.41 Å². The number of aliphatic hydroxyl groups is 1. The molecule has 1 aliphatic rings. The van der Waals surface area contributed by atoms with E-state index in [1.807, 2.05) is 23.2 Å². The van der Waals surface area contributed by atoms with Crippen molar-refractivity contribution in [3.63, 3.8) is 0 Å². The minimum atomic E-state index is -0.409. The molecule has 1 saturated heterocycles. The summed E-state index contributed by atoms with van der Waals surface area (Å²) in [4.78, 5) is 17.0. The first-order valence-corrected chi connectivity index (χ1v) is 7.07. The SMILES string of the molecule is CC1(C)CCN(C(=O)CCCc2ccc[nH]2)CC1O. The van der Waals surface area contributed by atoms with E-state index in [9.17, 15) is 9.90 Å². The predicted molar refractivity (Wildman–Crippen MR) is 74.7 cm³/mol. The average molecular weight is 264 g/mol. The molecule has 1 amide bonds. The normalized spacial score (nSPS) is 22.5. The standard InChI is InChI=1S/C15H24N2O2/c1-15(2)8-10-17(11-13(15)18)14(19)7-3-5-12-6-4-9-16-12/h4,6,9,13,16,18H,3,5,7-8,10-11H2,1-2H3. The molecule has 1 unspecified atom stereocenters. The van der Waals surface area contributed by atoms with Gasteiger partial charge in [0, 0.05) is 31.4 Å². The minimum Gasteiger partial charge on any atom is -0.391 e. The van der Waals surface area contributed by atoms with Crippen LogP contribution in [0.5, 0.6) is 0 Å². The number of likely N-dealkylation sites (tertiary alicyclic amines) is 1. The molecule has 1 fully saturated rings. The number of rotatable bonds is 4. The Balaban J connectivity index is 1.75. The van der Waals surface area contributed by atoms with Gasteiger partial charge in [0.05, 0.1) is 6.10 Å². The van der Waals surface area contributed by atoms with Crippen LogP contribution in [0.2, 0.25) is 0 Å². The Hall–Kier alpha value is -1.29. The Morgan fingerprint density at radius 3 is 3.00 bits per heavy atom. The van der Waals surface area contributed by atoms with Crippen LogP contribution in [-0.4, -0.2) is 40.1 Å². The molecular weight excluding hydrogens is 240 g/mol. The molecule has 0 aromatic carbocycles. The lowest BCUT2D eigenvalue weighted by atomic mass is 9.80. The third kappa shape index (κ3) is 3.60. The number of nitrogens with zero attached hydrogens (tertiary/aromatic N) is 1. The minimum absolute atomic E-state index is 0.0684. The number of aryl methyl sites for hydroxylation is 1. The van der Waals surface area contributed by atoms with Crippen molar-refractivity contribution in [1.29, 1.82) is 0 Å². The van der Waals surface area contributed by atoms with E-state index in [1.54, 1.807) is 0 Å². The third-order valence-electron chi connectivity index (χ3n) is 4.17. The van der Waals surface area contributed by atoms with E-state index in [1.165, 1.54) is 5.69 Å². The van der Waals surface area contributed by atoms with Gasteiger partial charge in [-0.05, 0) is 36.8 Å². The number of carbonyl (C=O) groups excluding carboxylic acids is 1. The molecule has 0 saturated carbocycles. The predicted octanol–water partition coefficient (Wildman–Crippen LogP) is 1.96. The quantitative estimate of drug-likeness (QED) is 0.873. The zero-order chi connectivity index (χ0) is 13.9. The summed E-state index contributed by atoms with van der Waals surface area (Å²) in [6, 6.07) is 4.01. The average Bonchev–Trinajstić information content (AvgIpc) is 2.85. The maximum Gasteiger partial charge on any atom is 0.222 e. The van der Waals surface area contributed by atoms with Gasteiger partial charge in [-0.15, -0.1) is 0 Å². The number of carbonyl (C=O) groups is 1. The molecule has 19 heavy (non-hydrogen) atoms. The maximum absolute atomic E-state index is 12.1. The molecule has 1 aliphatic heterocycles. The molecule has 1 aromatic heterocycles. The van der Waals surface area contributed by atoms with Crippen LogP contribution in [0.15, 0.2) is 18.3 Å². The summed E-state index contributed by atoms with van der Waals surface area (Å²) in [7, 11) is 0. The fourth-order valence-electron chi connectivity index (χ4n) is 2.47. The van der Waals surface area contributed by atoms with Crippen molar-refractivity contribution >= 4 is 5.91 Å². The van der Waals surface area contributed by atoms with Gasteiger partial charge in [0.25, 0.3) is 0 Å². The van der Waals surface area contributed by atoms with Gasteiger partial charge < -0.3 is 15.0 Å². The second kappa shape index (κ2) is 5.78. The van der Waals surface area contributed by atoms with Crippen molar-refractivity contribution in [2.45, 2.75) is 45.6 Å². The van der Waals surface area contributed by atoms with Crippen LogP contribution in [0.1, 0.15) is 38.8 Å². The summed E-state index contributed by atoms with van der Waals surface area (Å²) >= 11 is 0. The van der Waals surface area contributed by atoms with Gasteiger partial charge in [0.2, 0.25) is 5.91 Å². The van der Waals surface area contributed by atoms with E-state index < -0.39 is 6.10 Å². The summed E-state index contributed by atoms with van der Waals surface area (Å²) in [6.45, 7) is 5.37. The number of hydrogen-bond acceptors (Lipinski definition) is 2. The van der Waals surface area contributed by atoms with E-state index in [2.05, 4.69) is 18.8 Å². The number of nitrogens with one attached hydrogen (secondary N) is 1. The number of hydrogen-bond donors (Lipinski definition) is 2. The zero-order valence-electron chi connectivity index (χ0n) is 11.9. The summed E-state index contributed by atoms with van der Waals surface area (Å²) in [5.41, 5.74) is 1.11. The smallest absolute Gasteiger partial charge is 0.222 e. The fraction of sp³-hybridized carbons (Fsp3) is 0.667. The van der Waals surface area contributed by atoms with Crippen LogP contribution in [0.3, 0.4) is 0 Å². The van der Waals surface area contributed by atoms with Gasteiger partial charge >= 0.3 is 0 Å². The molecule has 0 spiro atoms. The maximum atomic E-state index is 12.1. The second-order valence-electron chi connectivity index (χ2n) is 6.14. The van der Waals surface area contributed by atoms with Gasteiger partial charge in [-0.2, -0.15) is 0 Å². The zero-order valence-corrected chi connectivity index (χ0v) is 11.9. The number of H-pyrrole nitrogens is 1. The molecule has 4 nitrogen and oxygen atoms in total. The largest absolute Gasteiger partial charge is 0.391 e. The van der Waals surface area contributed by atoms with E-state index in [0.717, 1.165) is 25.8 Å². The highest BCUT2D eigenvalue weighted by molar-refractivity contribution is 5.76. The van der Waals surface area contributed by atoms with Crippen LogP contribution >= 0.6 is 0 Å². The first-order chi connectivity index (χ1) is 8.99. The molecule has 2 N–H and O–H groups in total. The van der Waals surface area contributed by atoms with Crippen LogP contribution < -0.4 is 0 Å². The number of aliphatic hydroxyl groups excluding tert-OH is 1. The summed E-state index contributed by atoms with van der Waals surface area (Å²) < 4.78 is 0. The number of β-amino-alcohol motifs (C(OH)–C–C–N with tert-alkyl or cyclic N) is 1. The van der Waals surface area contributed by atoms with E-state index in [4.69, 9.17) is 0 Å². The van der Waals surface area contributed by atoms with Gasteiger partial charge in [0.1, 0.15) is 0 Å². The molecule has 1 atom stereocenters. The lowest BCUT2D eigenvalue weighted by Crippen LogP contribution is -2.50. The molecule has 0 bridgehead atoms. The van der Waals surface area contributed by atoms with Gasteiger partial charge in [-0.3, -0.25) is 4.79 Å². The first kappa shape index (κ1) is 14.1. The highest BCUT2D eigenvalue weighted by Gasteiger charge is 2.35. The summed E-state index contributed by atoms with van der Waals surface area (Å²) in [5.74, 6) is 0.168. The summed E-state index contributed by atoms with van der Waals surface area (Å²) in [6.07, 6.45) is 4.69. The molecule has 4 heteroatoms. The number of amides is 1. The molecule has 2 heterocycles. The number of aromatic amines is 1. The van der Waals surface area contributed by atoms with E-state index >= 15 is 0 Å². The van der Waals surface area contributed by atoms with E-state index in [0.29, 0.717) is 13.0 Å². The molecule has 1 aromatic rings. The second-order valence-corrected chi connectivity index (χ2v) is 6.14. The molecule has 106 valence electrons. The highest BCUT2D eigenvalue weighted by Crippen LogP contribution is 2.30. The van der Waals surface area contributed by atoms with Crippen molar-refractivity contribution in [1.82, 2.24) is 9.88 Å². The monoisotopic (exact) mass is 264 g/mol. The molecule has 2 rings (SSSR count). The Morgan fingerprint density at radius 2 is 2.37 bits per heavy atom. The number of aromatic nitrogens is 1. The Morgan fingerprint density at radius 1 is 1.58 bits per heavy atom. The van der Waals surface area contributed by atoms with Crippen molar-refractivity contribution in [3.05, 3.63) is 24.0 Å². The van der Waals surface area contributed by atoms with E-state index in [-0.39, 0.29) is 11.3 Å². The van der Waals surface area contributed by atoms with Gasteiger partial charge in [-0.1, -0.05) is 13.8 Å². The third-order valence-corrected chi connectivity index (χ3v) is 4.17.